The fraction of sp³-hybridized carbons (Fsp3) is 0.462. The molecule has 18 heavy (non-hydrogen) atoms. The monoisotopic (exact) mass is 252 g/mol. The third-order valence-electron chi connectivity index (χ3n) is 2.65. The molecular formula is C13H16O5. The van der Waals surface area contributed by atoms with Crippen molar-refractivity contribution in [1.82, 2.24) is 0 Å². The largest absolute Gasteiger partial charge is 0.481 e. The van der Waals surface area contributed by atoms with Gasteiger partial charge in [0.2, 0.25) is 6.79 Å². The van der Waals surface area contributed by atoms with E-state index in [1.807, 2.05) is 18.2 Å². The maximum Gasteiger partial charge on any atom is 0.305 e. The lowest BCUT2D eigenvalue weighted by atomic mass is 10.1. The number of carboxylic acids is 1. The van der Waals surface area contributed by atoms with E-state index in [4.69, 9.17) is 19.3 Å². The lowest BCUT2D eigenvalue weighted by Gasteiger charge is -2.04. The zero-order valence-electron chi connectivity index (χ0n) is 10.1. The molecule has 0 aliphatic carbocycles. The first-order valence-electron chi connectivity index (χ1n) is 5.94. The average molecular weight is 252 g/mol. The number of aryl methyl sites for hydroxylation is 1. The van der Waals surface area contributed by atoms with Crippen LogP contribution in [0.2, 0.25) is 0 Å². The zero-order chi connectivity index (χ0) is 12.8. The summed E-state index contributed by atoms with van der Waals surface area (Å²) in [4.78, 5) is 10.3. The number of carbonyl (C=O) groups is 1. The summed E-state index contributed by atoms with van der Waals surface area (Å²) in [5.74, 6) is 0.751. The molecule has 0 saturated carbocycles. The van der Waals surface area contributed by atoms with Crippen LogP contribution in [0.15, 0.2) is 18.2 Å². The van der Waals surface area contributed by atoms with Crippen LogP contribution in [-0.4, -0.2) is 31.1 Å². The second-order valence-electron chi connectivity index (χ2n) is 4.05. The van der Waals surface area contributed by atoms with Crippen molar-refractivity contribution in [3.05, 3.63) is 23.8 Å². The van der Waals surface area contributed by atoms with E-state index >= 15 is 0 Å². The van der Waals surface area contributed by atoms with Gasteiger partial charge in [0.1, 0.15) is 0 Å². The molecule has 1 aromatic carbocycles. The van der Waals surface area contributed by atoms with Crippen LogP contribution < -0.4 is 9.47 Å². The van der Waals surface area contributed by atoms with Gasteiger partial charge in [-0.2, -0.15) is 0 Å². The third kappa shape index (κ3) is 3.63. The highest BCUT2D eigenvalue weighted by Crippen LogP contribution is 2.32. The van der Waals surface area contributed by atoms with Gasteiger partial charge in [-0.25, -0.2) is 0 Å². The summed E-state index contributed by atoms with van der Waals surface area (Å²) in [5.41, 5.74) is 1.17. The smallest absolute Gasteiger partial charge is 0.305 e. The van der Waals surface area contributed by atoms with Gasteiger partial charge in [-0.05, 0) is 30.5 Å². The minimum Gasteiger partial charge on any atom is -0.481 e. The minimum atomic E-state index is -0.828. The van der Waals surface area contributed by atoms with Gasteiger partial charge in [0.15, 0.2) is 11.5 Å². The van der Waals surface area contributed by atoms with E-state index in [-0.39, 0.29) is 19.8 Å². The lowest BCUT2D eigenvalue weighted by molar-refractivity contribution is -0.138. The van der Waals surface area contributed by atoms with Gasteiger partial charge in [0, 0.05) is 6.61 Å². The van der Waals surface area contributed by atoms with Gasteiger partial charge in [0.05, 0.1) is 13.0 Å². The number of rotatable bonds is 7. The molecule has 0 spiro atoms. The minimum absolute atomic E-state index is 0.0595. The summed E-state index contributed by atoms with van der Waals surface area (Å²) in [5, 5.41) is 8.43. The van der Waals surface area contributed by atoms with Gasteiger partial charge in [-0.3, -0.25) is 4.79 Å². The Morgan fingerprint density at radius 3 is 2.94 bits per heavy atom. The number of benzene rings is 1. The highest BCUT2D eigenvalue weighted by molar-refractivity contribution is 5.66. The summed E-state index contributed by atoms with van der Waals surface area (Å²) < 4.78 is 15.7. The highest BCUT2D eigenvalue weighted by Gasteiger charge is 2.12. The van der Waals surface area contributed by atoms with Gasteiger partial charge in [0.25, 0.3) is 0 Å². The van der Waals surface area contributed by atoms with Crippen molar-refractivity contribution in [2.24, 2.45) is 0 Å². The van der Waals surface area contributed by atoms with E-state index in [0.29, 0.717) is 6.61 Å². The predicted molar refractivity (Wildman–Crippen MR) is 64.0 cm³/mol. The fourth-order valence-corrected chi connectivity index (χ4v) is 1.74. The van der Waals surface area contributed by atoms with Crippen LogP contribution in [0.25, 0.3) is 0 Å². The number of carboxylic acid groups (broad SMARTS) is 1. The average Bonchev–Trinajstić information content (AvgIpc) is 2.80. The van der Waals surface area contributed by atoms with E-state index in [2.05, 4.69) is 0 Å². The van der Waals surface area contributed by atoms with E-state index in [0.717, 1.165) is 24.3 Å². The van der Waals surface area contributed by atoms with Crippen molar-refractivity contribution in [3.63, 3.8) is 0 Å². The molecular weight excluding hydrogens is 236 g/mol. The van der Waals surface area contributed by atoms with Crippen molar-refractivity contribution >= 4 is 5.97 Å². The van der Waals surface area contributed by atoms with Crippen LogP contribution in [0.3, 0.4) is 0 Å². The van der Waals surface area contributed by atoms with Crippen molar-refractivity contribution < 1.29 is 24.1 Å². The molecule has 1 aliphatic heterocycles. The molecule has 0 radical (unpaired) electrons. The Morgan fingerprint density at radius 1 is 1.28 bits per heavy atom. The Labute approximate surface area is 105 Å². The topological polar surface area (TPSA) is 65.0 Å². The number of hydrogen-bond donors (Lipinski definition) is 1. The van der Waals surface area contributed by atoms with Gasteiger partial charge in [-0.15, -0.1) is 0 Å². The Kier molecular flexibility index (Phi) is 4.41. The third-order valence-corrected chi connectivity index (χ3v) is 2.65. The summed E-state index contributed by atoms with van der Waals surface area (Å²) in [6.07, 6.45) is 1.80. The molecule has 5 nitrogen and oxygen atoms in total. The Balaban J connectivity index is 1.66. The molecule has 5 heteroatoms. The molecule has 0 atom stereocenters. The molecule has 1 aliphatic rings. The van der Waals surface area contributed by atoms with Crippen LogP contribution >= 0.6 is 0 Å². The first-order valence-corrected chi connectivity index (χ1v) is 5.94. The van der Waals surface area contributed by atoms with Gasteiger partial charge >= 0.3 is 5.97 Å². The van der Waals surface area contributed by atoms with Crippen molar-refractivity contribution in [3.8, 4) is 11.5 Å². The Morgan fingerprint density at radius 2 is 2.11 bits per heavy atom. The molecule has 0 aromatic heterocycles. The summed E-state index contributed by atoms with van der Waals surface area (Å²) in [6.45, 7) is 1.13. The number of ether oxygens (including phenoxy) is 3. The maximum absolute atomic E-state index is 10.3. The summed E-state index contributed by atoms with van der Waals surface area (Å²) in [6, 6.07) is 5.88. The molecule has 1 aromatic rings. The molecule has 0 fully saturated rings. The molecule has 0 amide bonds. The number of fused-ring (bicyclic) bond motifs is 1. The molecule has 1 heterocycles. The molecule has 0 unspecified atom stereocenters. The lowest BCUT2D eigenvalue weighted by Crippen LogP contribution is -2.04. The van der Waals surface area contributed by atoms with E-state index in [9.17, 15) is 4.79 Å². The molecule has 0 bridgehead atoms. The fourth-order valence-electron chi connectivity index (χ4n) is 1.74. The van der Waals surface area contributed by atoms with E-state index in [1.54, 1.807) is 0 Å². The molecule has 1 N–H and O–H groups in total. The van der Waals surface area contributed by atoms with E-state index in [1.165, 1.54) is 5.56 Å². The van der Waals surface area contributed by atoms with Crippen molar-refractivity contribution in [2.75, 3.05) is 20.0 Å². The van der Waals surface area contributed by atoms with E-state index < -0.39 is 5.97 Å². The number of hydrogen-bond acceptors (Lipinski definition) is 4. The quantitative estimate of drug-likeness (QED) is 0.750. The highest BCUT2D eigenvalue weighted by atomic mass is 16.7. The van der Waals surface area contributed by atoms with Crippen LogP contribution in [0, 0.1) is 0 Å². The number of aliphatic carboxylic acids is 1. The van der Waals surface area contributed by atoms with Crippen LogP contribution in [0.5, 0.6) is 11.5 Å². The molecule has 0 saturated heterocycles. The standard InChI is InChI=1S/C13H16O5/c14-13(15)5-7-16-6-1-2-10-3-4-11-12(8-10)18-9-17-11/h3-4,8H,1-2,5-7,9H2,(H,14,15). The molecule has 2 rings (SSSR count). The zero-order valence-corrected chi connectivity index (χ0v) is 10.1. The van der Waals surface area contributed by atoms with Crippen LogP contribution in [0.4, 0.5) is 0 Å². The Hall–Kier alpha value is -1.75. The van der Waals surface area contributed by atoms with Crippen LogP contribution in [0.1, 0.15) is 18.4 Å². The predicted octanol–water partition coefficient (Wildman–Crippen LogP) is 1.84. The Bertz CT molecular complexity index is 416. The SMILES string of the molecule is O=C(O)CCOCCCc1ccc2c(c1)OCO2. The maximum atomic E-state index is 10.3. The van der Waals surface area contributed by atoms with Crippen LogP contribution in [-0.2, 0) is 16.0 Å². The normalized spacial score (nSPS) is 12.7. The van der Waals surface area contributed by atoms with Crippen molar-refractivity contribution in [1.29, 1.82) is 0 Å². The van der Waals surface area contributed by atoms with Gasteiger partial charge in [-0.1, -0.05) is 6.07 Å². The first kappa shape index (κ1) is 12.7. The summed E-state index contributed by atoms with van der Waals surface area (Å²) >= 11 is 0. The second-order valence-corrected chi connectivity index (χ2v) is 4.05. The molecule has 98 valence electrons. The van der Waals surface area contributed by atoms with Crippen molar-refractivity contribution in [2.45, 2.75) is 19.3 Å². The van der Waals surface area contributed by atoms with Gasteiger partial charge < -0.3 is 19.3 Å². The second kappa shape index (κ2) is 6.26. The summed E-state index contributed by atoms with van der Waals surface area (Å²) in [7, 11) is 0. The first-order chi connectivity index (χ1) is 8.75.